The summed E-state index contributed by atoms with van der Waals surface area (Å²) in [6, 6.07) is 13.9. The van der Waals surface area contributed by atoms with E-state index < -0.39 is 0 Å². The Hall–Kier alpha value is -3.71. The van der Waals surface area contributed by atoms with Crippen LogP contribution in [0.25, 0.3) is 11.0 Å². The predicted molar refractivity (Wildman–Crippen MR) is 129 cm³/mol. The summed E-state index contributed by atoms with van der Waals surface area (Å²) in [5.74, 6) is -0.268. The van der Waals surface area contributed by atoms with E-state index in [0.717, 1.165) is 25.7 Å². The van der Waals surface area contributed by atoms with E-state index in [1.54, 1.807) is 48.5 Å². The number of fused-ring (bicyclic) bond motifs is 1. The largest absolute Gasteiger partial charge is 0.383 e. The molecule has 1 amide bonds. The zero-order valence-electron chi connectivity index (χ0n) is 17.8. The molecular weight excluding hydrogens is 438 g/mol. The number of benzene rings is 2. The highest BCUT2D eigenvalue weighted by molar-refractivity contribution is 6.34. The van der Waals surface area contributed by atoms with Crippen molar-refractivity contribution in [1.29, 1.82) is 0 Å². The van der Waals surface area contributed by atoms with Gasteiger partial charge in [0, 0.05) is 23.5 Å². The molecule has 0 atom stereocenters. The summed E-state index contributed by atoms with van der Waals surface area (Å²) in [6.07, 6.45) is 7.68. The smallest absolute Gasteiger partial charge is 0.257 e. The second kappa shape index (κ2) is 8.67. The standard InChI is InChI=1S/C25H22ClN5O2/c26-20-11-4-3-10-18(20)25(33)30-16-7-5-6-15(12-16)22(32)19-13-31(17-8-1-2-9-17)24-21(19)23(27)28-14-29-24/h3-7,10-14,17H,1-2,8-9H2,(H,30,33)(H2,27,28,29). The van der Waals surface area contributed by atoms with Crippen molar-refractivity contribution in [3.05, 3.63) is 82.8 Å². The van der Waals surface area contributed by atoms with Crippen LogP contribution < -0.4 is 11.1 Å². The molecule has 0 unspecified atom stereocenters. The molecule has 166 valence electrons. The number of nitrogens with zero attached hydrogens (tertiary/aromatic N) is 3. The van der Waals surface area contributed by atoms with Crippen molar-refractivity contribution in [3.8, 4) is 0 Å². The topological polar surface area (TPSA) is 103 Å². The Kier molecular flexibility index (Phi) is 5.56. The molecule has 5 rings (SSSR count). The number of nitrogen functional groups attached to an aromatic ring is 1. The Bertz CT molecular complexity index is 1370. The minimum atomic E-state index is -0.347. The molecule has 4 aromatic rings. The highest BCUT2D eigenvalue weighted by Gasteiger charge is 2.25. The molecule has 1 aliphatic rings. The van der Waals surface area contributed by atoms with Gasteiger partial charge in [0.25, 0.3) is 5.91 Å². The molecule has 8 heteroatoms. The van der Waals surface area contributed by atoms with Gasteiger partial charge in [-0.2, -0.15) is 0 Å². The number of anilines is 2. The van der Waals surface area contributed by atoms with E-state index in [2.05, 4.69) is 19.9 Å². The second-order valence-corrected chi connectivity index (χ2v) is 8.60. The summed E-state index contributed by atoms with van der Waals surface area (Å²) in [4.78, 5) is 34.7. The maximum Gasteiger partial charge on any atom is 0.257 e. The maximum atomic E-state index is 13.5. The first kappa shape index (κ1) is 21.2. The Balaban J connectivity index is 1.49. The van der Waals surface area contributed by atoms with E-state index in [1.165, 1.54) is 6.33 Å². The molecule has 0 spiro atoms. The van der Waals surface area contributed by atoms with Crippen LogP contribution in [0.4, 0.5) is 11.5 Å². The zero-order chi connectivity index (χ0) is 22.9. The zero-order valence-corrected chi connectivity index (χ0v) is 18.5. The lowest BCUT2D eigenvalue weighted by atomic mass is 10.0. The summed E-state index contributed by atoms with van der Waals surface area (Å²) in [5.41, 5.74) is 8.60. The third-order valence-corrected chi connectivity index (χ3v) is 6.43. The predicted octanol–water partition coefficient (Wildman–Crippen LogP) is 5.27. The third kappa shape index (κ3) is 3.96. The molecule has 3 N–H and O–H groups in total. The number of amides is 1. The molecule has 2 heterocycles. The van der Waals surface area contributed by atoms with Crippen LogP contribution in [0, 0.1) is 0 Å². The average molecular weight is 460 g/mol. The van der Waals surface area contributed by atoms with Crippen molar-refractivity contribution in [2.75, 3.05) is 11.1 Å². The normalized spacial score (nSPS) is 14.0. The summed E-state index contributed by atoms with van der Waals surface area (Å²) in [7, 11) is 0. The van der Waals surface area contributed by atoms with Gasteiger partial charge in [-0.05, 0) is 37.1 Å². The van der Waals surface area contributed by atoms with Crippen molar-refractivity contribution >= 4 is 45.8 Å². The number of carbonyl (C=O) groups is 2. The van der Waals surface area contributed by atoms with Crippen molar-refractivity contribution in [2.24, 2.45) is 0 Å². The lowest BCUT2D eigenvalue weighted by molar-refractivity contribution is 0.102. The average Bonchev–Trinajstić information content (AvgIpc) is 3.48. The highest BCUT2D eigenvalue weighted by atomic mass is 35.5. The first-order valence-corrected chi connectivity index (χ1v) is 11.2. The number of nitrogens with two attached hydrogens (primary N) is 1. The minimum Gasteiger partial charge on any atom is -0.383 e. The van der Waals surface area contributed by atoms with Gasteiger partial charge in [0.05, 0.1) is 21.5 Å². The SMILES string of the molecule is Nc1ncnc2c1c(C(=O)c1cccc(NC(=O)c3ccccc3Cl)c1)cn2C1CCCC1. The minimum absolute atomic E-state index is 0.202. The number of rotatable bonds is 5. The molecule has 0 radical (unpaired) electrons. The number of halogens is 1. The van der Waals surface area contributed by atoms with Gasteiger partial charge >= 0.3 is 0 Å². The van der Waals surface area contributed by atoms with Crippen LogP contribution in [0.1, 0.15) is 58.0 Å². The van der Waals surface area contributed by atoms with Crippen LogP contribution in [0.2, 0.25) is 5.02 Å². The number of hydrogen-bond donors (Lipinski definition) is 2. The van der Waals surface area contributed by atoms with Gasteiger partial charge in [-0.3, -0.25) is 9.59 Å². The summed E-state index contributed by atoms with van der Waals surface area (Å²) >= 11 is 6.13. The lowest BCUT2D eigenvalue weighted by Gasteiger charge is -2.12. The molecule has 33 heavy (non-hydrogen) atoms. The number of carbonyl (C=O) groups excluding carboxylic acids is 2. The van der Waals surface area contributed by atoms with E-state index in [-0.39, 0.29) is 17.5 Å². The summed E-state index contributed by atoms with van der Waals surface area (Å²) in [6.45, 7) is 0. The van der Waals surface area contributed by atoms with Crippen molar-refractivity contribution < 1.29 is 9.59 Å². The van der Waals surface area contributed by atoms with Crippen LogP contribution in [0.3, 0.4) is 0 Å². The van der Waals surface area contributed by atoms with Crippen LogP contribution in [-0.2, 0) is 0 Å². The molecular formula is C25H22ClN5O2. The Morgan fingerprint density at radius 3 is 2.61 bits per heavy atom. The lowest BCUT2D eigenvalue weighted by Crippen LogP contribution is -2.13. The van der Waals surface area contributed by atoms with Gasteiger partial charge in [0.2, 0.25) is 0 Å². The Morgan fingerprint density at radius 1 is 1.03 bits per heavy atom. The van der Waals surface area contributed by atoms with Crippen LogP contribution in [-0.4, -0.2) is 26.2 Å². The van der Waals surface area contributed by atoms with Crippen molar-refractivity contribution in [1.82, 2.24) is 14.5 Å². The number of hydrogen-bond acceptors (Lipinski definition) is 5. The molecule has 1 saturated carbocycles. The molecule has 7 nitrogen and oxygen atoms in total. The fourth-order valence-corrected chi connectivity index (χ4v) is 4.70. The van der Waals surface area contributed by atoms with E-state index in [4.69, 9.17) is 17.3 Å². The maximum absolute atomic E-state index is 13.5. The monoisotopic (exact) mass is 459 g/mol. The van der Waals surface area contributed by atoms with E-state index in [0.29, 0.717) is 44.5 Å². The van der Waals surface area contributed by atoms with Gasteiger partial charge in [-0.1, -0.05) is 48.7 Å². The van der Waals surface area contributed by atoms with Gasteiger partial charge < -0.3 is 15.6 Å². The molecule has 2 aromatic carbocycles. The number of aromatic nitrogens is 3. The molecule has 0 aliphatic heterocycles. The van der Waals surface area contributed by atoms with Gasteiger partial charge in [0.1, 0.15) is 17.8 Å². The van der Waals surface area contributed by atoms with Gasteiger partial charge in [0.15, 0.2) is 5.78 Å². The van der Waals surface area contributed by atoms with Crippen molar-refractivity contribution in [2.45, 2.75) is 31.7 Å². The Morgan fingerprint density at radius 2 is 1.82 bits per heavy atom. The quantitative estimate of drug-likeness (QED) is 0.396. The first-order chi connectivity index (χ1) is 16.0. The Labute approximate surface area is 195 Å². The molecule has 0 saturated heterocycles. The van der Waals surface area contributed by atoms with Crippen LogP contribution >= 0.6 is 11.6 Å². The summed E-state index contributed by atoms with van der Waals surface area (Å²) < 4.78 is 2.07. The van der Waals surface area contributed by atoms with E-state index in [1.807, 2.05) is 6.20 Å². The van der Waals surface area contributed by atoms with Gasteiger partial charge in [-0.15, -0.1) is 0 Å². The summed E-state index contributed by atoms with van der Waals surface area (Å²) in [5, 5.41) is 3.74. The first-order valence-electron chi connectivity index (χ1n) is 10.8. The fourth-order valence-electron chi connectivity index (χ4n) is 4.48. The molecule has 2 aromatic heterocycles. The van der Waals surface area contributed by atoms with E-state index in [9.17, 15) is 9.59 Å². The fraction of sp³-hybridized carbons (Fsp3) is 0.200. The third-order valence-electron chi connectivity index (χ3n) is 6.10. The van der Waals surface area contributed by atoms with Crippen molar-refractivity contribution in [3.63, 3.8) is 0 Å². The molecule has 1 aliphatic carbocycles. The highest BCUT2D eigenvalue weighted by Crippen LogP contribution is 2.35. The second-order valence-electron chi connectivity index (χ2n) is 8.19. The van der Waals surface area contributed by atoms with Crippen LogP contribution in [0.15, 0.2) is 61.1 Å². The van der Waals surface area contributed by atoms with Crippen LogP contribution in [0.5, 0.6) is 0 Å². The molecule has 0 bridgehead atoms. The molecule has 1 fully saturated rings. The van der Waals surface area contributed by atoms with E-state index >= 15 is 0 Å². The number of ketones is 1. The van der Waals surface area contributed by atoms with Gasteiger partial charge in [-0.25, -0.2) is 9.97 Å². The number of nitrogens with one attached hydrogen (secondary N) is 1.